The van der Waals surface area contributed by atoms with Crippen molar-refractivity contribution in [3.8, 4) is 5.75 Å². The Balaban J connectivity index is 2.12. The molecule has 1 unspecified atom stereocenters. The maximum absolute atomic E-state index is 12.6. The Morgan fingerprint density at radius 2 is 1.87 bits per heavy atom. The van der Waals surface area contributed by atoms with Crippen molar-refractivity contribution in [2.45, 2.75) is 39.4 Å². The SMILES string of the molecule is CC(C)N1CC(C)n2c(c(O)c(=O)n2Cc2ccccc2)C1=O. The van der Waals surface area contributed by atoms with Crippen LogP contribution in [0.2, 0.25) is 0 Å². The third kappa shape index (κ3) is 2.44. The molecule has 23 heavy (non-hydrogen) atoms. The van der Waals surface area contributed by atoms with E-state index in [1.165, 1.54) is 4.68 Å². The zero-order valence-electron chi connectivity index (χ0n) is 13.6. The monoisotopic (exact) mass is 315 g/mol. The normalized spacial score (nSPS) is 17.7. The summed E-state index contributed by atoms with van der Waals surface area (Å²) in [7, 11) is 0. The quantitative estimate of drug-likeness (QED) is 0.939. The van der Waals surface area contributed by atoms with Crippen LogP contribution in [0, 0.1) is 0 Å². The summed E-state index contributed by atoms with van der Waals surface area (Å²) in [6, 6.07) is 9.47. The van der Waals surface area contributed by atoms with Gasteiger partial charge in [-0.3, -0.25) is 14.3 Å². The Morgan fingerprint density at radius 3 is 2.48 bits per heavy atom. The number of aromatic hydroxyl groups is 1. The molecule has 2 heterocycles. The van der Waals surface area contributed by atoms with Crippen LogP contribution >= 0.6 is 0 Å². The highest BCUT2D eigenvalue weighted by molar-refractivity contribution is 5.96. The Kier molecular flexibility index (Phi) is 3.75. The van der Waals surface area contributed by atoms with E-state index in [0.29, 0.717) is 13.1 Å². The Labute approximate surface area is 134 Å². The predicted octanol–water partition coefficient (Wildman–Crippen LogP) is 1.83. The van der Waals surface area contributed by atoms with E-state index < -0.39 is 11.3 Å². The molecule has 1 aromatic heterocycles. The van der Waals surface area contributed by atoms with Gasteiger partial charge >= 0.3 is 5.56 Å². The largest absolute Gasteiger partial charge is 0.501 e. The molecule has 1 aromatic carbocycles. The summed E-state index contributed by atoms with van der Waals surface area (Å²) >= 11 is 0. The van der Waals surface area contributed by atoms with Crippen molar-refractivity contribution in [2.75, 3.05) is 6.54 Å². The second-order valence-electron chi connectivity index (χ2n) is 6.29. The van der Waals surface area contributed by atoms with Crippen LogP contribution in [0.3, 0.4) is 0 Å². The van der Waals surface area contributed by atoms with E-state index in [2.05, 4.69) is 0 Å². The van der Waals surface area contributed by atoms with Crippen LogP contribution in [0.1, 0.15) is 42.9 Å². The van der Waals surface area contributed by atoms with E-state index in [1.807, 2.05) is 51.1 Å². The first-order valence-electron chi connectivity index (χ1n) is 7.81. The Bertz CT molecular complexity index is 789. The van der Waals surface area contributed by atoms with Gasteiger partial charge in [-0.2, -0.15) is 0 Å². The molecule has 1 N–H and O–H groups in total. The van der Waals surface area contributed by atoms with Crippen LogP contribution in [-0.2, 0) is 6.54 Å². The highest BCUT2D eigenvalue weighted by Crippen LogP contribution is 2.27. The second-order valence-corrected chi connectivity index (χ2v) is 6.29. The van der Waals surface area contributed by atoms with Crippen LogP contribution in [0.4, 0.5) is 0 Å². The summed E-state index contributed by atoms with van der Waals surface area (Å²) in [5.41, 5.74) is 0.522. The van der Waals surface area contributed by atoms with Gasteiger partial charge in [0.1, 0.15) is 0 Å². The second kappa shape index (κ2) is 5.61. The minimum atomic E-state index is -0.519. The number of rotatable bonds is 3. The minimum absolute atomic E-state index is 0.0191. The van der Waals surface area contributed by atoms with Gasteiger partial charge in [0.2, 0.25) is 5.75 Å². The van der Waals surface area contributed by atoms with Gasteiger partial charge in [0.25, 0.3) is 5.91 Å². The van der Waals surface area contributed by atoms with Crippen LogP contribution < -0.4 is 5.56 Å². The first-order valence-corrected chi connectivity index (χ1v) is 7.81. The molecule has 6 heteroatoms. The Hall–Kier alpha value is -2.50. The molecule has 1 amide bonds. The fourth-order valence-corrected chi connectivity index (χ4v) is 3.14. The van der Waals surface area contributed by atoms with Gasteiger partial charge in [-0.25, -0.2) is 4.68 Å². The molecular weight excluding hydrogens is 294 g/mol. The van der Waals surface area contributed by atoms with Crippen molar-refractivity contribution in [1.29, 1.82) is 0 Å². The van der Waals surface area contributed by atoms with Gasteiger partial charge in [-0.05, 0) is 26.3 Å². The summed E-state index contributed by atoms with van der Waals surface area (Å²) in [5.74, 6) is -0.748. The van der Waals surface area contributed by atoms with Crippen molar-refractivity contribution in [3.63, 3.8) is 0 Å². The molecule has 0 saturated carbocycles. The average Bonchev–Trinajstić information content (AvgIpc) is 2.77. The zero-order chi connectivity index (χ0) is 16.7. The fraction of sp³-hybridized carbons (Fsp3) is 0.412. The van der Waals surface area contributed by atoms with Crippen LogP contribution in [0.25, 0.3) is 0 Å². The summed E-state index contributed by atoms with van der Waals surface area (Å²) < 4.78 is 3.10. The van der Waals surface area contributed by atoms with Crippen molar-refractivity contribution in [2.24, 2.45) is 0 Å². The molecule has 3 rings (SSSR count). The predicted molar refractivity (Wildman–Crippen MR) is 86.8 cm³/mol. The highest BCUT2D eigenvalue weighted by atomic mass is 16.3. The maximum Gasteiger partial charge on any atom is 0.310 e. The van der Waals surface area contributed by atoms with Crippen LogP contribution in [0.5, 0.6) is 5.75 Å². The van der Waals surface area contributed by atoms with Gasteiger partial charge in [0.05, 0.1) is 12.6 Å². The molecule has 0 fully saturated rings. The van der Waals surface area contributed by atoms with Crippen LogP contribution in [0.15, 0.2) is 35.1 Å². The lowest BCUT2D eigenvalue weighted by atomic mass is 10.1. The molecule has 1 aliphatic heterocycles. The molecule has 0 saturated heterocycles. The standard InChI is InChI=1S/C17H21N3O3/c1-11(2)18-9-12(3)20-14(16(18)22)15(21)17(23)19(20)10-13-7-5-4-6-8-13/h4-8,11-12,21H,9-10H2,1-3H3. The van der Waals surface area contributed by atoms with E-state index in [1.54, 1.807) is 9.58 Å². The number of hydrogen-bond acceptors (Lipinski definition) is 3. The molecule has 2 aromatic rings. The summed E-state index contributed by atoms with van der Waals surface area (Å²) in [4.78, 5) is 26.8. The number of carbonyl (C=O) groups is 1. The van der Waals surface area contributed by atoms with E-state index in [9.17, 15) is 14.7 Å². The molecule has 0 aliphatic carbocycles. The van der Waals surface area contributed by atoms with E-state index in [4.69, 9.17) is 0 Å². The molecular formula is C17H21N3O3. The lowest BCUT2D eigenvalue weighted by Gasteiger charge is -2.36. The molecule has 0 radical (unpaired) electrons. The molecule has 122 valence electrons. The summed E-state index contributed by atoms with van der Waals surface area (Å²) in [6.45, 7) is 6.65. The first-order chi connectivity index (χ1) is 10.9. The van der Waals surface area contributed by atoms with Crippen LogP contribution in [-0.4, -0.2) is 37.9 Å². The lowest BCUT2D eigenvalue weighted by molar-refractivity contribution is 0.0588. The number of nitrogens with zero attached hydrogens (tertiary/aromatic N) is 3. The summed E-state index contributed by atoms with van der Waals surface area (Å²) in [5, 5.41) is 10.2. The number of fused-ring (bicyclic) bond motifs is 1. The molecule has 6 nitrogen and oxygen atoms in total. The average molecular weight is 315 g/mol. The number of aromatic nitrogens is 2. The van der Waals surface area contributed by atoms with Crippen molar-refractivity contribution < 1.29 is 9.90 Å². The number of hydrogen-bond donors (Lipinski definition) is 1. The van der Waals surface area contributed by atoms with E-state index >= 15 is 0 Å². The minimum Gasteiger partial charge on any atom is -0.501 e. The highest BCUT2D eigenvalue weighted by Gasteiger charge is 2.37. The van der Waals surface area contributed by atoms with Gasteiger partial charge < -0.3 is 10.0 Å². The number of carbonyl (C=O) groups excluding carboxylic acids is 1. The lowest BCUT2D eigenvalue weighted by Crippen LogP contribution is -2.47. The molecule has 1 aliphatic rings. The number of benzene rings is 1. The fourth-order valence-electron chi connectivity index (χ4n) is 3.14. The first kappa shape index (κ1) is 15.4. The van der Waals surface area contributed by atoms with Gasteiger partial charge in [-0.15, -0.1) is 0 Å². The molecule has 0 spiro atoms. The summed E-state index contributed by atoms with van der Waals surface area (Å²) in [6.07, 6.45) is 0. The molecule has 0 bridgehead atoms. The maximum atomic E-state index is 12.6. The zero-order valence-corrected chi connectivity index (χ0v) is 13.6. The van der Waals surface area contributed by atoms with E-state index in [-0.39, 0.29) is 23.7 Å². The topological polar surface area (TPSA) is 67.5 Å². The molecule has 1 atom stereocenters. The van der Waals surface area contributed by atoms with Crippen molar-refractivity contribution >= 4 is 5.91 Å². The van der Waals surface area contributed by atoms with E-state index in [0.717, 1.165) is 5.56 Å². The van der Waals surface area contributed by atoms with Crippen molar-refractivity contribution in [1.82, 2.24) is 14.3 Å². The smallest absolute Gasteiger partial charge is 0.310 e. The van der Waals surface area contributed by atoms with Crippen molar-refractivity contribution in [3.05, 3.63) is 51.9 Å². The van der Waals surface area contributed by atoms with Gasteiger partial charge in [0, 0.05) is 12.6 Å². The van der Waals surface area contributed by atoms with Gasteiger partial charge in [-0.1, -0.05) is 30.3 Å². The third-order valence-electron chi connectivity index (χ3n) is 4.29. The van der Waals surface area contributed by atoms with Gasteiger partial charge in [0.15, 0.2) is 5.69 Å². The number of amides is 1. The Morgan fingerprint density at radius 1 is 1.22 bits per heavy atom. The third-order valence-corrected chi connectivity index (χ3v) is 4.29.